The minimum absolute atomic E-state index is 0.000954. The number of halogens is 3. The van der Waals surface area contributed by atoms with Crippen LogP contribution < -0.4 is 11.1 Å². The van der Waals surface area contributed by atoms with Crippen molar-refractivity contribution in [3.05, 3.63) is 11.4 Å². The maximum absolute atomic E-state index is 12.0. The standard InChI is InChI=1S/C10H11F3N4S/c11-10(12,13)3-1-4-15-7-6-2-5-18-8(6)17-9(14)16-7/h2,5H,1,3-4H2,(H3,14,15,16,17). The van der Waals surface area contributed by atoms with Crippen LogP contribution in [0.25, 0.3) is 10.2 Å². The second-order valence-electron chi connectivity index (χ2n) is 3.72. The molecule has 0 radical (unpaired) electrons. The molecular weight excluding hydrogens is 265 g/mol. The molecule has 0 atom stereocenters. The molecule has 0 aliphatic rings. The van der Waals surface area contributed by atoms with Crippen LogP contribution in [0, 0.1) is 0 Å². The molecule has 0 aliphatic heterocycles. The van der Waals surface area contributed by atoms with Gasteiger partial charge in [0.05, 0.1) is 5.39 Å². The van der Waals surface area contributed by atoms with Gasteiger partial charge in [-0.1, -0.05) is 0 Å². The van der Waals surface area contributed by atoms with Crippen molar-refractivity contribution in [3.8, 4) is 0 Å². The van der Waals surface area contributed by atoms with Gasteiger partial charge in [0.2, 0.25) is 5.95 Å². The minimum Gasteiger partial charge on any atom is -0.369 e. The van der Waals surface area contributed by atoms with Crippen molar-refractivity contribution in [2.24, 2.45) is 0 Å². The van der Waals surface area contributed by atoms with E-state index < -0.39 is 12.6 Å². The molecule has 4 nitrogen and oxygen atoms in total. The third kappa shape index (κ3) is 3.22. The smallest absolute Gasteiger partial charge is 0.369 e. The molecule has 2 aromatic rings. The quantitative estimate of drug-likeness (QED) is 0.842. The number of aromatic nitrogens is 2. The van der Waals surface area contributed by atoms with Crippen molar-refractivity contribution >= 4 is 33.3 Å². The van der Waals surface area contributed by atoms with Crippen molar-refractivity contribution in [2.75, 3.05) is 17.6 Å². The highest BCUT2D eigenvalue weighted by atomic mass is 32.1. The molecule has 0 saturated carbocycles. The number of anilines is 2. The fraction of sp³-hybridized carbons (Fsp3) is 0.400. The van der Waals surface area contributed by atoms with Gasteiger partial charge in [0.1, 0.15) is 10.6 Å². The lowest BCUT2D eigenvalue weighted by molar-refractivity contribution is -0.134. The SMILES string of the molecule is Nc1nc(NCCCC(F)(F)F)c2ccsc2n1. The van der Waals surface area contributed by atoms with Gasteiger partial charge in [0.25, 0.3) is 0 Å². The van der Waals surface area contributed by atoms with E-state index >= 15 is 0 Å². The highest BCUT2D eigenvalue weighted by Gasteiger charge is 2.25. The summed E-state index contributed by atoms with van der Waals surface area (Å²) < 4.78 is 35.9. The average molecular weight is 276 g/mol. The Morgan fingerprint density at radius 3 is 2.83 bits per heavy atom. The second kappa shape index (κ2) is 4.97. The summed E-state index contributed by atoms with van der Waals surface area (Å²) in [6.45, 7) is 0.195. The van der Waals surface area contributed by atoms with Crippen LogP contribution in [0.15, 0.2) is 11.4 Å². The van der Waals surface area contributed by atoms with Crippen LogP contribution in [0.1, 0.15) is 12.8 Å². The molecule has 0 saturated heterocycles. The summed E-state index contributed by atoms with van der Waals surface area (Å²) in [6.07, 6.45) is -4.93. The maximum atomic E-state index is 12.0. The van der Waals surface area contributed by atoms with E-state index in [0.29, 0.717) is 5.82 Å². The van der Waals surface area contributed by atoms with E-state index in [1.807, 2.05) is 11.4 Å². The topological polar surface area (TPSA) is 63.8 Å². The summed E-state index contributed by atoms with van der Waals surface area (Å²) in [5.41, 5.74) is 5.52. The van der Waals surface area contributed by atoms with Crippen molar-refractivity contribution in [2.45, 2.75) is 19.0 Å². The van der Waals surface area contributed by atoms with Crippen molar-refractivity contribution in [1.82, 2.24) is 9.97 Å². The van der Waals surface area contributed by atoms with E-state index in [1.54, 1.807) is 0 Å². The summed E-state index contributed by atoms with van der Waals surface area (Å²) in [6, 6.07) is 1.81. The molecule has 0 fully saturated rings. The number of alkyl halides is 3. The Hall–Kier alpha value is -1.57. The van der Waals surface area contributed by atoms with Crippen LogP contribution >= 0.6 is 11.3 Å². The zero-order valence-corrected chi connectivity index (χ0v) is 10.1. The van der Waals surface area contributed by atoms with Crippen LogP contribution in [0.2, 0.25) is 0 Å². The zero-order chi connectivity index (χ0) is 13.2. The first-order chi connectivity index (χ1) is 8.46. The number of nitrogens with two attached hydrogens (primary N) is 1. The monoisotopic (exact) mass is 276 g/mol. The highest BCUT2D eigenvalue weighted by Crippen LogP contribution is 2.26. The molecule has 0 spiro atoms. The van der Waals surface area contributed by atoms with E-state index in [4.69, 9.17) is 5.73 Å². The second-order valence-corrected chi connectivity index (χ2v) is 4.61. The van der Waals surface area contributed by atoms with Gasteiger partial charge in [0.15, 0.2) is 0 Å². The Morgan fingerprint density at radius 1 is 1.33 bits per heavy atom. The Morgan fingerprint density at radius 2 is 2.11 bits per heavy atom. The first-order valence-corrected chi connectivity index (χ1v) is 6.15. The number of fused-ring (bicyclic) bond motifs is 1. The molecule has 0 bridgehead atoms. The Kier molecular flexibility index (Phi) is 3.55. The highest BCUT2D eigenvalue weighted by molar-refractivity contribution is 7.16. The summed E-state index contributed by atoms with van der Waals surface area (Å²) in [5.74, 6) is 0.601. The number of thiophene rings is 1. The first-order valence-electron chi connectivity index (χ1n) is 5.27. The fourth-order valence-corrected chi connectivity index (χ4v) is 2.27. The van der Waals surface area contributed by atoms with E-state index in [9.17, 15) is 13.2 Å². The molecule has 0 aliphatic carbocycles. The van der Waals surface area contributed by atoms with Crippen molar-refractivity contribution in [1.29, 1.82) is 0 Å². The van der Waals surface area contributed by atoms with Gasteiger partial charge >= 0.3 is 6.18 Å². The summed E-state index contributed by atoms with van der Waals surface area (Å²) in [7, 11) is 0. The van der Waals surface area contributed by atoms with Crippen LogP contribution in [0.3, 0.4) is 0 Å². The fourth-order valence-electron chi connectivity index (χ4n) is 1.50. The first kappa shape index (κ1) is 12.9. The van der Waals surface area contributed by atoms with E-state index in [1.165, 1.54) is 11.3 Å². The lowest BCUT2D eigenvalue weighted by Crippen LogP contribution is -2.12. The van der Waals surface area contributed by atoms with Crippen LogP contribution in [-0.4, -0.2) is 22.7 Å². The molecular formula is C10H11F3N4S. The van der Waals surface area contributed by atoms with Crippen LogP contribution in [0.4, 0.5) is 24.9 Å². The zero-order valence-electron chi connectivity index (χ0n) is 9.29. The number of hydrogen-bond acceptors (Lipinski definition) is 5. The number of rotatable bonds is 4. The normalized spacial score (nSPS) is 11.9. The lowest BCUT2D eigenvalue weighted by Gasteiger charge is -2.08. The Labute approximate surface area is 105 Å². The molecule has 3 N–H and O–H groups in total. The predicted molar refractivity (Wildman–Crippen MR) is 65.6 cm³/mol. The van der Waals surface area contributed by atoms with Gasteiger partial charge in [-0.2, -0.15) is 18.2 Å². The van der Waals surface area contributed by atoms with Crippen LogP contribution in [-0.2, 0) is 0 Å². The number of nitrogens with one attached hydrogen (secondary N) is 1. The molecule has 0 unspecified atom stereocenters. The third-order valence-electron chi connectivity index (χ3n) is 2.27. The lowest BCUT2D eigenvalue weighted by atomic mass is 10.3. The van der Waals surface area contributed by atoms with Gasteiger partial charge in [0, 0.05) is 13.0 Å². The number of hydrogen-bond donors (Lipinski definition) is 2. The summed E-state index contributed by atoms with van der Waals surface area (Å²) >= 11 is 1.41. The largest absolute Gasteiger partial charge is 0.389 e. The van der Waals surface area contributed by atoms with Gasteiger partial charge in [-0.3, -0.25) is 0 Å². The Bertz CT molecular complexity index is 537. The van der Waals surface area contributed by atoms with Gasteiger partial charge < -0.3 is 11.1 Å². The van der Waals surface area contributed by atoms with Gasteiger partial charge in [-0.15, -0.1) is 11.3 Å². The number of nitrogen functional groups attached to an aromatic ring is 1. The molecule has 18 heavy (non-hydrogen) atoms. The summed E-state index contributed by atoms with van der Waals surface area (Å²) in [4.78, 5) is 8.74. The van der Waals surface area contributed by atoms with E-state index in [2.05, 4.69) is 15.3 Å². The third-order valence-corrected chi connectivity index (χ3v) is 3.08. The minimum atomic E-state index is -4.12. The molecule has 2 rings (SSSR count). The van der Waals surface area contributed by atoms with Crippen molar-refractivity contribution in [3.63, 3.8) is 0 Å². The molecule has 0 amide bonds. The van der Waals surface area contributed by atoms with Gasteiger partial charge in [-0.05, 0) is 17.9 Å². The molecule has 0 aromatic carbocycles. The Balaban J connectivity index is 2.01. The molecule has 98 valence electrons. The van der Waals surface area contributed by atoms with E-state index in [0.717, 1.165) is 10.2 Å². The van der Waals surface area contributed by atoms with Crippen molar-refractivity contribution < 1.29 is 13.2 Å². The van der Waals surface area contributed by atoms with Gasteiger partial charge in [-0.25, -0.2) is 4.98 Å². The van der Waals surface area contributed by atoms with Crippen LogP contribution in [0.5, 0.6) is 0 Å². The summed E-state index contributed by atoms with van der Waals surface area (Å²) in [5, 5.41) is 5.47. The average Bonchev–Trinajstić information content (AvgIpc) is 2.70. The maximum Gasteiger partial charge on any atom is 0.389 e. The van der Waals surface area contributed by atoms with E-state index in [-0.39, 0.29) is 18.9 Å². The predicted octanol–water partition coefficient (Wildman–Crippen LogP) is 3.03. The molecule has 8 heteroatoms. The molecule has 2 aromatic heterocycles. The number of nitrogens with zero attached hydrogens (tertiary/aromatic N) is 2. The molecule has 2 heterocycles.